The van der Waals surface area contributed by atoms with Crippen LogP contribution < -0.4 is 4.74 Å². The fourth-order valence-electron chi connectivity index (χ4n) is 1.16. The summed E-state index contributed by atoms with van der Waals surface area (Å²) in [6.45, 7) is 1.91. The van der Waals surface area contributed by atoms with Crippen LogP contribution in [0.4, 0.5) is 0 Å². The molecule has 0 spiro atoms. The largest absolute Gasteiger partial charge is 0.497 e. The van der Waals surface area contributed by atoms with Crippen molar-refractivity contribution < 1.29 is 19.5 Å². The van der Waals surface area contributed by atoms with Gasteiger partial charge < -0.3 is 14.7 Å². The molecule has 16 heavy (non-hydrogen) atoms. The molecule has 0 bridgehead atoms. The van der Waals surface area contributed by atoms with Gasteiger partial charge in [-0.3, -0.25) is 0 Å². The molecular weight excluding hydrogens is 210 g/mol. The summed E-state index contributed by atoms with van der Waals surface area (Å²) in [6.07, 6.45) is 0. The molecule has 0 aliphatic rings. The van der Waals surface area contributed by atoms with E-state index >= 15 is 0 Å². The van der Waals surface area contributed by atoms with E-state index in [-0.39, 0.29) is 12.3 Å². The SMILES string of the molecule is CCOC(=O)C(=NO)c1ccc(OC)cc1. The molecule has 0 saturated heterocycles. The van der Waals surface area contributed by atoms with Crippen LogP contribution in [-0.2, 0) is 9.53 Å². The number of esters is 1. The third-order valence-corrected chi connectivity index (χ3v) is 1.93. The van der Waals surface area contributed by atoms with E-state index in [0.29, 0.717) is 11.3 Å². The van der Waals surface area contributed by atoms with Crippen molar-refractivity contribution in [2.75, 3.05) is 13.7 Å². The van der Waals surface area contributed by atoms with Crippen LogP contribution >= 0.6 is 0 Å². The highest BCUT2D eigenvalue weighted by molar-refractivity contribution is 6.43. The Kier molecular flexibility index (Phi) is 4.32. The van der Waals surface area contributed by atoms with Gasteiger partial charge in [0.2, 0.25) is 0 Å². The van der Waals surface area contributed by atoms with Crippen molar-refractivity contribution >= 4 is 11.7 Å². The zero-order valence-electron chi connectivity index (χ0n) is 9.14. The number of nitrogens with zero attached hydrogens (tertiary/aromatic N) is 1. The molecule has 0 aliphatic carbocycles. The Morgan fingerprint density at radius 1 is 1.38 bits per heavy atom. The van der Waals surface area contributed by atoms with Gasteiger partial charge in [-0.25, -0.2) is 4.79 Å². The van der Waals surface area contributed by atoms with Gasteiger partial charge >= 0.3 is 5.97 Å². The van der Waals surface area contributed by atoms with Gasteiger partial charge in [0.1, 0.15) is 5.75 Å². The molecule has 86 valence electrons. The van der Waals surface area contributed by atoms with Crippen molar-refractivity contribution in [1.82, 2.24) is 0 Å². The molecule has 0 aromatic heterocycles. The number of ether oxygens (including phenoxy) is 2. The van der Waals surface area contributed by atoms with Crippen LogP contribution in [0, 0.1) is 0 Å². The first-order valence-corrected chi connectivity index (χ1v) is 4.76. The number of hydrogen-bond acceptors (Lipinski definition) is 5. The third-order valence-electron chi connectivity index (χ3n) is 1.93. The van der Waals surface area contributed by atoms with Crippen molar-refractivity contribution in [3.8, 4) is 5.75 Å². The van der Waals surface area contributed by atoms with Crippen LogP contribution in [0.2, 0.25) is 0 Å². The summed E-state index contributed by atoms with van der Waals surface area (Å²) in [6, 6.07) is 6.56. The summed E-state index contributed by atoms with van der Waals surface area (Å²) >= 11 is 0. The maximum Gasteiger partial charge on any atom is 0.361 e. The van der Waals surface area contributed by atoms with Gasteiger partial charge in [0.25, 0.3) is 0 Å². The minimum Gasteiger partial charge on any atom is -0.497 e. The van der Waals surface area contributed by atoms with Crippen molar-refractivity contribution in [1.29, 1.82) is 0 Å². The standard InChI is InChI=1S/C11H13NO4/c1-3-16-11(13)10(12-14)8-4-6-9(15-2)7-5-8/h4-7,14H,3H2,1-2H3. The normalized spacial score (nSPS) is 11.0. The highest BCUT2D eigenvalue weighted by Gasteiger charge is 2.15. The molecule has 0 aliphatic heterocycles. The first-order valence-electron chi connectivity index (χ1n) is 4.76. The van der Waals surface area contributed by atoms with E-state index in [1.54, 1.807) is 38.3 Å². The predicted molar refractivity (Wildman–Crippen MR) is 58.0 cm³/mol. The summed E-state index contributed by atoms with van der Waals surface area (Å²) in [5, 5.41) is 11.7. The average Bonchev–Trinajstić information content (AvgIpc) is 2.31. The monoisotopic (exact) mass is 223 g/mol. The molecule has 5 nitrogen and oxygen atoms in total. The van der Waals surface area contributed by atoms with Crippen LogP contribution in [0.5, 0.6) is 5.75 Å². The molecule has 0 amide bonds. The molecule has 1 rings (SSSR count). The Hall–Kier alpha value is -2.04. The maximum absolute atomic E-state index is 11.4. The number of benzene rings is 1. The molecule has 0 unspecified atom stereocenters. The van der Waals surface area contributed by atoms with Crippen LogP contribution in [0.25, 0.3) is 0 Å². The van der Waals surface area contributed by atoms with Crippen LogP contribution in [0.3, 0.4) is 0 Å². The number of carbonyl (C=O) groups is 1. The summed E-state index contributed by atoms with van der Waals surface area (Å²) < 4.78 is 9.72. The van der Waals surface area contributed by atoms with E-state index in [9.17, 15) is 4.79 Å². The molecule has 5 heteroatoms. The lowest BCUT2D eigenvalue weighted by molar-refractivity contribution is -0.135. The summed E-state index contributed by atoms with van der Waals surface area (Å²) in [4.78, 5) is 11.4. The Bertz CT molecular complexity index is 383. The van der Waals surface area contributed by atoms with Gasteiger partial charge in [-0.2, -0.15) is 0 Å². The van der Waals surface area contributed by atoms with Crippen LogP contribution in [0.15, 0.2) is 29.4 Å². The number of methoxy groups -OCH3 is 1. The Labute approximate surface area is 93.3 Å². The zero-order chi connectivity index (χ0) is 12.0. The predicted octanol–water partition coefficient (Wildman–Crippen LogP) is 1.44. The zero-order valence-corrected chi connectivity index (χ0v) is 9.14. The van der Waals surface area contributed by atoms with Gasteiger partial charge in [-0.1, -0.05) is 5.16 Å². The lowest BCUT2D eigenvalue weighted by Gasteiger charge is -2.05. The first-order chi connectivity index (χ1) is 7.72. The van der Waals surface area contributed by atoms with Gasteiger partial charge in [0.15, 0.2) is 5.71 Å². The number of oxime groups is 1. The van der Waals surface area contributed by atoms with E-state index in [0.717, 1.165) is 0 Å². The summed E-state index contributed by atoms with van der Waals surface area (Å²) in [5.41, 5.74) is 0.353. The molecular formula is C11H13NO4. The molecule has 1 aromatic carbocycles. The van der Waals surface area contributed by atoms with Crippen LogP contribution in [-0.4, -0.2) is 30.6 Å². The average molecular weight is 223 g/mol. The number of carbonyl (C=O) groups excluding carboxylic acids is 1. The first kappa shape index (κ1) is 12.0. The van der Waals surface area contributed by atoms with Crippen molar-refractivity contribution in [2.45, 2.75) is 6.92 Å². The lowest BCUT2D eigenvalue weighted by Crippen LogP contribution is -2.18. The van der Waals surface area contributed by atoms with Crippen LogP contribution in [0.1, 0.15) is 12.5 Å². The van der Waals surface area contributed by atoms with Gasteiger partial charge in [-0.15, -0.1) is 0 Å². The minimum atomic E-state index is -0.657. The second kappa shape index (κ2) is 5.75. The fourth-order valence-corrected chi connectivity index (χ4v) is 1.16. The Morgan fingerprint density at radius 3 is 2.44 bits per heavy atom. The van der Waals surface area contributed by atoms with E-state index in [1.807, 2.05) is 0 Å². The fraction of sp³-hybridized carbons (Fsp3) is 0.273. The Morgan fingerprint density at radius 2 is 2.00 bits per heavy atom. The molecule has 0 radical (unpaired) electrons. The molecule has 0 atom stereocenters. The summed E-state index contributed by atoms with van der Waals surface area (Å²) in [5.74, 6) is 0.0000607. The highest BCUT2D eigenvalue weighted by Crippen LogP contribution is 2.12. The Balaban J connectivity index is 2.92. The smallest absolute Gasteiger partial charge is 0.361 e. The quantitative estimate of drug-likeness (QED) is 0.363. The van der Waals surface area contributed by atoms with Crippen molar-refractivity contribution in [2.24, 2.45) is 5.16 Å². The molecule has 1 N–H and O–H groups in total. The second-order valence-electron chi connectivity index (χ2n) is 2.90. The topological polar surface area (TPSA) is 68.1 Å². The minimum absolute atomic E-state index is 0.121. The van der Waals surface area contributed by atoms with Crippen molar-refractivity contribution in [3.63, 3.8) is 0 Å². The van der Waals surface area contributed by atoms with Gasteiger partial charge in [0, 0.05) is 5.56 Å². The number of hydrogen-bond donors (Lipinski definition) is 1. The van der Waals surface area contributed by atoms with Gasteiger partial charge in [-0.05, 0) is 31.2 Å². The second-order valence-corrected chi connectivity index (χ2v) is 2.90. The van der Waals surface area contributed by atoms with E-state index in [4.69, 9.17) is 14.7 Å². The van der Waals surface area contributed by atoms with E-state index in [2.05, 4.69) is 5.16 Å². The van der Waals surface area contributed by atoms with E-state index < -0.39 is 5.97 Å². The molecule has 0 heterocycles. The van der Waals surface area contributed by atoms with E-state index in [1.165, 1.54) is 0 Å². The van der Waals surface area contributed by atoms with Gasteiger partial charge in [0.05, 0.1) is 13.7 Å². The maximum atomic E-state index is 11.4. The van der Waals surface area contributed by atoms with Crippen molar-refractivity contribution in [3.05, 3.63) is 29.8 Å². The third kappa shape index (κ3) is 2.73. The lowest BCUT2D eigenvalue weighted by atomic mass is 10.1. The highest BCUT2D eigenvalue weighted by atomic mass is 16.5. The molecule has 0 fully saturated rings. The molecule has 0 saturated carbocycles. The number of rotatable bonds is 4. The summed E-state index contributed by atoms with van der Waals surface area (Å²) in [7, 11) is 1.54. The molecule has 1 aromatic rings.